The Morgan fingerprint density at radius 2 is 1.69 bits per heavy atom. The Morgan fingerprint density at radius 1 is 1.12 bits per heavy atom. The molecule has 0 spiro atoms. The second kappa shape index (κ2) is 7.59. The van der Waals surface area contributed by atoms with Crippen molar-refractivity contribution in [1.82, 2.24) is 10.2 Å². The minimum absolute atomic E-state index is 0.0497. The van der Waals surface area contributed by atoms with Crippen LogP contribution in [0.3, 0.4) is 0 Å². The highest BCUT2D eigenvalue weighted by atomic mass is 16.5. The molecule has 0 atom stereocenters. The van der Waals surface area contributed by atoms with Gasteiger partial charge < -0.3 is 15.0 Å². The molecule has 0 aliphatic carbocycles. The first-order chi connectivity index (χ1) is 12.0. The molecule has 146 valence electrons. The van der Waals surface area contributed by atoms with Crippen LogP contribution in [0.5, 0.6) is 5.75 Å². The first-order valence-electron chi connectivity index (χ1n) is 9.66. The molecule has 0 saturated carbocycles. The van der Waals surface area contributed by atoms with Gasteiger partial charge >= 0.3 is 0 Å². The molecule has 1 aromatic carbocycles. The van der Waals surface area contributed by atoms with Crippen LogP contribution in [-0.2, 0) is 22.0 Å². The Kier molecular flexibility index (Phi) is 6.06. The Labute approximate surface area is 159 Å². The van der Waals surface area contributed by atoms with Crippen molar-refractivity contribution in [3.05, 3.63) is 28.3 Å². The van der Waals surface area contributed by atoms with Gasteiger partial charge in [0.15, 0.2) is 0 Å². The molecule has 1 amide bonds. The topological polar surface area (TPSA) is 41.6 Å². The highest BCUT2D eigenvalue weighted by Crippen LogP contribution is 2.43. The van der Waals surface area contributed by atoms with Gasteiger partial charge in [-0.25, -0.2) is 0 Å². The van der Waals surface area contributed by atoms with Gasteiger partial charge in [-0.05, 0) is 28.9 Å². The summed E-state index contributed by atoms with van der Waals surface area (Å²) in [5.74, 6) is 1.19. The molecule has 26 heavy (non-hydrogen) atoms. The minimum Gasteiger partial charge on any atom is -0.496 e. The molecule has 4 heteroatoms. The third-order valence-electron chi connectivity index (χ3n) is 5.22. The summed E-state index contributed by atoms with van der Waals surface area (Å²) in [6.45, 7) is 18.7. The molecule has 1 aliphatic rings. The molecule has 1 fully saturated rings. The maximum atomic E-state index is 12.9. The van der Waals surface area contributed by atoms with Gasteiger partial charge in [0.2, 0.25) is 5.91 Å². The van der Waals surface area contributed by atoms with Gasteiger partial charge in [0.1, 0.15) is 5.75 Å². The molecule has 1 aromatic rings. The van der Waals surface area contributed by atoms with Crippen molar-refractivity contribution < 1.29 is 9.53 Å². The fourth-order valence-corrected chi connectivity index (χ4v) is 3.86. The summed E-state index contributed by atoms with van der Waals surface area (Å²) >= 11 is 0. The van der Waals surface area contributed by atoms with Crippen LogP contribution in [0.4, 0.5) is 0 Å². The lowest BCUT2D eigenvalue weighted by molar-refractivity contribution is -0.131. The average molecular weight is 361 g/mol. The van der Waals surface area contributed by atoms with Crippen LogP contribution in [0.15, 0.2) is 6.07 Å². The van der Waals surface area contributed by atoms with Crippen molar-refractivity contribution in [2.45, 2.75) is 65.7 Å². The van der Waals surface area contributed by atoms with Crippen molar-refractivity contribution in [2.24, 2.45) is 0 Å². The number of methoxy groups -OCH3 is 1. The fourth-order valence-electron chi connectivity index (χ4n) is 3.86. The monoisotopic (exact) mass is 360 g/mol. The molecule has 1 N–H and O–H groups in total. The molecule has 1 aliphatic heterocycles. The van der Waals surface area contributed by atoms with E-state index in [9.17, 15) is 4.79 Å². The third-order valence-corrected chi connectivity index (χ3v) is 5.22. The zero-order valence-electron chi connectivity index (χ0n) is 17.9. The van der Waals surface area contributed by atoms with E-state index >= 15 is 0 Å². The van der Waals surface area contributed by atoms with E-state index in [4.69, 9.17) is 4.74 Å². The molecule has 0 radical (unpaired) electrons. The van der Waals surface area contributed by atoms with Crippen molar-refractivity contribution in [3.8, 4) is 5.75 Å². The highest BCUT2D eigenvalue weighted by Gasteiger charge is 2.30. The summed E-state index contributed by atoms with van der Waals surface area (Å²) in [7, 11) is 1.75. The Bertz CT molecular complexity index is 660. The number of piperazine rings is 1. The molecule has 1 heterocycles. The summed E-state index contributed by atoms with van der Waals surface area (Å²) in [6.07, 6.45) is 0.460. The largest absolute Gasteiger partial charge is 0.496 e. The van der Waals surface area contributed by atoms with Gasteiger partial charge in [0.05, 0.1) is 13.5 Å². The molecule has 4 nitrogen and oxygen atoms in total. The Morgan fingerprint density at radius 3 is 2.15 bits per heavy atom. The number of nitrogens with one attached hydrogen (secondary N) is 1. The Balaban J connectivity index is 2.53. The summed E-state index contributed by atoms with van der Waals surface area (Å²) in [6, 6.07) is 2.20. The molecular formula is C22H36N2O2. The van der Waals surface area contributed by atoms with Crippen molar-refractivity contribution in [3.63, 3.8) is 0 Å². The molecule has 0 aromatic heterocycles. The van der Waals surface area contributed by atoms with E-state index in [-0.39, 0.29) is 16.7 Å². The zero-order chi connectivity index (χ0) is 19.7. The first-order valence-corrected chi connectivity index (χ1v) is 9.66. The van der Waals surface area contributed by atoms with Gasteiger partial charge in [-0.3, -0.25) is 4.79 Å². The number of carbonyl (C=O) groups excluding carboxylic acids is 1. The number of carbonyl (C=O) groups is 1. The van der Waals surface area contributed by atoms with Crippen LogP contribution >= 0.6 is 0 Å². The number of rotatable bonds is 3. The SMILES string of the molecule is COc1c(C(C)(C)C)cc(CC(=O)N2CCNCC2)c(C)c1C(C)(C)C. The normalized spacial score (nSPS) is 15.9. The fraction of sp³-hybridized carbons (Fsp3) is 0.682. The molecule has 1 saturated heterocycles. The third kappa shape index (κ3) is 4.40. The zero-order valence-corrected chi connectivity index (χ0v) is 17.9. The summed E-state index contributed by atoms with van der Waals surface area (Å²) < 4.78 is 5.88. The van der Waals surface area contributed by atoms with E-state index in [1.165, 1.54) is 16.7 Å². The smallest absolute Gasteiger partial charge is 0.227 e. The van der Waals surface area contributed by atoms with Crippen molar-refractivity contribution in [2.75, 3.05) is 33.3 Å². The second-order valence-corrected chi connectivity index (χ2v) is 9.42. The van der Waals surface area contributed by atoms with E-state index < -0.39 is 0 Å². The predicted molar refractivity (Wildman–Crippen MR) is 108 cm³/mol. The number of ether oxygens (including phenoxy) is 1. The van der Waals surface area contributed by atoms with E-state index in [2.05, 4.69) is 59.8 Å². The summed E-state index contributed by atoms with van der Waals surface area (Å²) in [4.78, 5) is 14.8. The Hall–Kier alpha value is -1.55. The van der Waals surface area contributed by atoms with Gasteiger partial charge in [-0.2, -0.15) is 0 Å². The van der Waals surface area contributed by atoms with E-state index in [1.54, 1.807) is 7.11 Å². The van der Waals surface area contributed by atoms with E-state index in [1.807, 2.05) is 4.90 Å². The number of nitrogens with zero attached hydrogens (tertiary/aromatic N) is 1. The first kappa shape index (κ1) is 20.8. The highest BCUT2D eigenvalue weighted by molar-refractivity contribution is 5.80. The van der Waals surface area contributed by atoms with Gasteiger partial charge in [-0.1, -0.05) is 47.6 Å². The van der Waals surface area contributed by atoms with Crippen LogP contribution in [-0.4, -0.2) is 44.1 Å². The lowest BCUT2D eigenvalue weighted by Crippen LogP contribution is -2.47. The predicted octanol–water partition coefficient (Wildman–Crippen LogP) is 3.57. The van der Waals surface area contributed by atoms with Crippen LogP contribution in [0, 0.1) is 6.92 Å². The molecular weight excluding hydrogens is 324 g/mol. The van der Waals surface area contributed by atoms with E-state index in [0.717, 1.165) is 37.5 Å². The van der Waals surface area contributed by atoms with Crippen molar-refractivity contribution >= 4 is 5.91 Å². The molecule has 2 rings (SSSR count). The second-order valence-electron chi connectivity index (χ2n) is 9.42. The van der Waals surface area contributed by atoms with Crippen LogP contribution < -0.4 is 10.1 Å². The summed E-state index contributed by atoms with van der Waals surface area (Å²) in [5, 5.41) is 3.31. The molecule has 0 unspecified atom stereocenters. The standard InChI is InChI=1S/C22H36N2O2/c1-15-16(14-18(25)24-11-9-23-10-12-24)13-17(21(2,3)4)20(26-8)19(15)22(5,6)7/h13,23H,9-12,14H2,1-8H3. The van der Waals surface area contributed by atoms with Gasteiger partial charge in [0, 0.05) is 37.3 Å². The van der Waals surface area contributed by atoms with Gasteiger partial charge in [-0.15, -0.1) is 0 Å². The van der Waals surface area contributed by atoms with E-state index in [0.29, 0.717) is 6.42 Å². The lowest BCUT2D eigenvalue weighted by Gasteiger charge is -2.33. The maximum absolute atomic E-state index is 12.9. The van der Waals surface area contributed by atoms with Crippen LogP contribution in [0.2, 0.25) is 0 Å². The average Bonchev–Trinajstić information content (AvgIpc) is 2.54. The summed E-state index contributed by atoms with van der Waals surface area (Å²) in [5.41, 5.74) is 4.61. The number of amides is 1. The quantitative estimate of drug-likeness (QED) is 0.896. The number of hydrogen-bond acceptors (Lipinski definition) is 3. The van der Waals surface area contributed by atoms with Crippen LogP contribution in [0.1, 0.15) is 63.8 Å². The number of benzene rings is 1. The molecule has 0 bridgehead atoms. The van der Waals surface area contributed by atoms with Crippen LogP contribution in [0.25, 0.3) is 0 Å². The van der Waals surface area contributed by atoms with Crippen molar-refractivity contribution in [1.29, 1.82) is 0 Å². The maximum Gasteiger partial charge on any atom is 0.227 e. The number of hydrogen-bond donors (Lipinski definition) is 1. The lowest BCUT2D eigenvalue weighted by atomic mass is 9.75. The van der Waals surface area contributed by atoms with Gasteiger partial charge in [0.25, 0.3) is 0 Å². The minimum atomic E-state index is -0.0521.